The minimum Gasteiger partial charge on any atom is -0.481 e. The molecule has 0 saturated carbocycles. The summed E-state index contributed by atoms with van der Waals surface area (Å²) in [6.45, 7) is 2.60. The van der Waals surface area contributed by atoms with Gasteiger partial charge < -0.3 is 19.5 Å². The average molecular weight is 251 g/mol. The van der Waals surface area contributed by atoms with E-state index >= 15 is 0 Å². The summed E-state index contributed by atoms with van der Waals surface area (Å²) in [5, 5.41) is 9.05. The molecule has 1 heterocycles. The summed E-state index contributed by atoms with van der Waals surface area (Å²) in [7, 11) is 1.88. The van der Waals surface area contributed by atoms with Gasteiger partial charge in [-0.1, -0.05) is 6.92 Å². The average Bonchev–Trinajstić information content (AvgIpc) is 2.82. The molecule has 1 aromatic carbocycles. The van der Waals surface area contributed by atoms with E-state index in [2.05, 4.69) is 0 Å². The fraction of sp³-hybridized carbons (Fsp3) is 0.462. The first-order valence-electron chi connectivity index (χ1n) is 5.95. The van der Waals surface area contributed by atoms with Gasteiger partial charge in [0.05, 0.1) is 5.92 Å². The Labute approximate surface area is 106 Å². The van der Waals surface area contributed by atoms with Gasteiger partial charge in [0, 0.05) is 25.3 Å². The molecule has 0 spiro atoms. The number of rotatable bonds is 5. The van der Waals surface area contributed by atoms with Gasteiger partial charge in [-0.05, 0) is 18.6 Å². The summed E-state index contributed by atoms with van der Waals surface area (Å²) in [5.41, 5.74) is 0.930. The summed E-state index contributed by atoms with van der Waals surface area (Å²) in [6, 6.07) is 5.62. The van der Waals surface area contributed by atoms with E-state index in [-0.39, 0.29) is 12.7 Å². The Balaban J connectivity index is 2.09. The summed E-state index contributed by atoms with van der Waals surface area (Å²) in [5.74, 6) is 0.325. The minimum atomic E-state index is -0.759. The van der Waals surface area contributed by atoms with Crippen molar-refractivity contribution in [2.75, 3.05) is 25.3 Å². The lowest BCUT2D eigenvalue weighted by molar-refractivity contribution is -0.141. The van der Waals surface area contributed by atoms with E-state index in [1.54, 1.807) is 0 Å². The van der Waals surface area contributed by atoms with Crippen LogP contribution in [0.3, 0.4) is 0 Å². The summed E-state index contributed by atoms with van der Waals surface area (Å²) in [4.78, 5) is 12.9. The first-order chi connectivity index (χ1) is 8.61. The molecule has 2 rings (SSSR count). The van der Waals surface area contributed by atoms with Crippen LogP contribution in [0.4, 0.5) is 5.69 Å². The van der Waals surface area contributed by atoms with Crippen molar-refractivity contribution in [1.82, 2.24) is 0 Å². The van der Waals surface area contributed by atoms with Gasteiger partial charge in [-0.3, -0.25) is 4.79 Å². The molecule has 1 unspecified atom stereocenters. The van der Waals surface area contributed by atoms with Crippen molar-refractivity contribution in [2.45, 2.75) is 13.3 Å². The number of carboxylic acids is 1. The number of carbonyl (C=O) groups is 1. The number of fused-ring (bicyclic) bond motifs is 1. The molecular formula is C13H17NO4. The van der Waals surface area contributed by atoms with Crippen LogP contribution < -0.4 is 14.4 Å². The maximum atomic E-state index is 11.0. The van der Waals surface area contributed by atoms with Gasteiger partial charge in [0.2, 0.25) is 6.79 Å². The Kier molecular flexibility index (Phi) is 3.60. The zero-order valence-electron chi connectivity index (χ0n) is 10.5. The first-order valence-corrected chi connectivity index (χ1v) is 5.95. The topological polar surface area (TPSA) is 59.0 Å². The largest absolute Gasteiger partial charge is 0.481 e. The molecule has 0 amide bonds. The molecule has 1 N–H and O–H groups in total. The lowest BCUT2D eigenvalue weighted by Gasteiger charge is -2.23. The maximum Gasteiger partial charge on any atom is 0.308 e. The standard InChI is InChI=1S/C13H17NO4/c1-3-9(13(15)16)7-14(2)10-4-5-11-12(6-10)18-8-17-11/h4-6,9H,3,7-8H2,1-2H3,(H,15,16). The smallest absolute Gasteiger partial charge is 0.308 e. The number of nitrogens with zero attached hydrogens (tertiary/aromatic N) is 1. The molecule has 1 aliphatic rings. The number of ether oxygens (including phenoxy) is 2. The van der Waals surface area contributed by atoms with E-state index < -0.39 is 5.97 Å². The Morgan fingerprint density at radius 2 is 2.17 bits per heavy atom. The molecule has 0 aliphatic carbocycles. The van der Waals surface area contributed by atoms with Gasteiger partial charge in [-0.2, -0.15) is 0 Å². The zero-order valence-corrected chi connectivity index (χ0v) is 10.5. The van der Waals surface area contributed by atoms with E-state index in [0.29, 0.717) is 18.7 Å². The fourth-order valence-corrected chi connectivity index (χ4v) is 1.94. The normalized spacial score (nSPS) is 14.3. The van der Waals surface area contributed by atoms with Crippen molar-refractivity contribution in [3.05, 3.63) is 18.2 Å². The van der Waals surface area contributed by atoms with E-state index in [1.165, 1.54) is 0 Å². The van der Waals surface area contributed by atoms with Gasteiger partial charge in [0.15, 0.2) is 11.5 Å². The van der Waals surface area contributed by atoms with E-state index in [9.17, 15) is 4.79 Å². The highest BCUT2D eigenvalue weighted by atomic mass is 16.7. The number of anilines is 1. The zero-order chi connectivity index (χ0) is 13.1. The van der Waals surface area contributed by atoms with Gasteiger partial charge in [-0.15, -0.1) is 0 Å². The molecule has 0 fully saturated rings. The molecule has 1 aliphatic heterocycles. The third-order valence-electron chi connectivity index (χ3n) is 3.13. The molecule has 0 aromatic heterocycles. The van der Waals surface area contributed by atoms with Crippen molar-refractivity contribution in [3.8, 4) is 11.5 Å². The predicted molar refractivity (Wildman–Crippen MR) is 67.3 cm³/mol. The molecule has 1 atom stereocenters. The van der Waals surface area contributed by atoms with Crippen LogP contribution in [-0.2, 0) is 4.79 Å². The van der Waals surface area contributed by atoms with Crippen LogP contribution in [0.25, 0.3) is 0 Å². The Morgan fingerprint density at radius 3 is 2.83 bits per heavy atom. The lowest BCUT2D eigenvalue weighted by atomic mass is 10.1. The molecule has 98 valence electrons. The molecule has 5 nitrogen and oxygen atoms in total. The number of hydrogen-bond donors (Lipinski definition) is 1. The molecule has 1 aromatic rings. The number of carboxylic acid groups (broad SMARTS) is 1. The van der Waals surface area contributed by atoms with Gasteiger partial charge in [0.25, 0.3) is 0 Å². The van der Waals surface area contributed by atoms with Crippen LogP contribution >= 0.6 is 0 Å². The van der Waals surface area contributed by atoms with E-state index in [0.717, 1.165) is 11.4 Å². The minimum absolute atomic E-state index is 0.245. The van der Waals surface area contributed by atoms with Crippen LogP contribution in [-0.4, -0.2) is 31.5 Å². The molecule has 0 radical (unpaired) electrons. The molecule has 18 heavy (non-hydrogen) atoms. The predicted octanol–water partition coefficient (Wildman–Crippen LogP) is 1.96. The Morgan fingerprint density at radius 1 is 1.44 bits per heavy atom. The van der Waals surface area contributed by atoms with Crippen molar-refractivity contribution in [1.29, 1.82) is 0 Å². The van der Waals surface area contributed by atoms with Crippen LogP contribution in [0.1, 0.15) is 13.3 Å². The van der Waals surface area contributed by atoms with Gasteiger partial charge in [-0.25, -0.2) is 0 Å². The van der Waals surface area contributed by atoms with E-state index in [4.69, 9.17) is 14.6 Å². The van der Waals surface area contributed by atoms with E-state index in [1.807, 2.05) is 37.1 Å². The highest BCUT2D eigenvalue weighted by Gasteiger charge is 2.19. The second kappa shape index (κ2) is 5.16. The molecule has 0 saturated heterocycles. The molecule has 5 heteroatoms. The lowest BCUT2D eigenvalue weighted by Crippen LogP contribution is -2.29. The van der Waals surface area contributed by atoms with Crippen molar-refractivity contribution in [2.24, 2.45) is 5.92 Å². The SMILES string of the molecule is CCC(CN(C)c1ccc2c(c1)OCO2)C(=O)O. The van der Waals surface area contributed by atoms with Gasteiger partial charge >= 0.3 is 5.97 Å². The second-order valence-corrected chi connectivity index (χ2v) is 4.36. The third kappa shape index (κ3) is 2.50. The summed E-state index contributed by atoms with van der Waals surface area (Å²) < 4.78 is 10.5. The van der Waals surface area contributed by atoms with Crippen molar-refractivity contribution in [3.63, 3.8) is 0 Å². The van der Waals surface area contributed by atoms with Crippen LogP contribution in [0, 0.1) is 5.92 Å². The highest BCUT2D eigenvalue weighted by molar-refractivity contribution is 5.71. The summed E-state index contributed by atoms with van der Waals surface area (Å²) >= 11 is 0. The first kappa shape index (κ1) is 12.5. The second-order valence-electron chi connectivity index (χ2n) is 4.36. The quantitative estimate of drug-likeness (QED) is 0.867. The van der Waals surface area contributed by atoms with Crippen LogP contribution in [0.5, 0.6) is 11.5 Å². The highest BCUT2D eigenvalue weighted by Crippen LogP contribution is 2.35. The monoisotopic (exact) mass is 251 g/mol. The van der Waals surface area contributed by atoms with Crippen LogP contribution in [0.15, 0.2) is 18.2 Å². The van der Waals surface area contributed by atoms with Crippen LogP contribution in [0.2, 0.25) is 0 Å². The molecule has 0 bridgehead atoms. The Hall–Kier alpha value is -1.91. The maximum absolute atomic E-state index is 11.0. The fourth-order valence-electron chi connectivity index (χ4n) is 1.94. The molecular weight excluding hydrogens is 234 g/mol. The van der Waals surface area contributed by atoms with Gasteiger partial charge in [0.1, 0.15) is 0 Å². The Bertz CT molecular complexity index is 447. The number of benzene rings is 1. The van der Waals surface area contributed by atoms with Crippen molar-refractivity contribution >= 4 is 11.7 Å². The number of hydrogen-bond acceptors (Lipinski definition) is 4. The number of aliphatic carboxylic acids is 1. The van der Waals surface area contributed by atoms with Crippen molar-refractivity contribution < 1.29 is 19.4 Å². The third-order valence-corrected chi connectivity index (χ3v) is 3.13. The summed E-state index contributed by atoms with van der Waals surface area (Å²) in [6.07, 6.45) is 0.615.